The first-order chi connectivity index (χ1) is 13.3. The van der Waals surface area contributed by atoms with E-state index in [1.807, 2.05) is 16.8 Å². The number of aromatic nitrogens is 4. The molecule has 1 aromatic carbocycles. The largest absolute Gasteiger partial charge is 0.496 e. The first-order valence-corrected chi connectivity index (χ1v) is 9.81. The highest BCUT2D eigenvalue weighted by Crippen LogP contribution is 2.15. The molecule has 0 radical (unpaired) electrons. The summed E-state index contributed by atoms with van der Waals surface area (Å²) in [5.74, 6) is 1.97. The van der Waals surface area contributed by atoms with Gasteiger partial charge in [-0.05, 0) is 22.6 Å². The fraction of sp³-hybridized carbons (Fsp3) is 0.632. The SMILES string of the molecule is CC[C@H](c1nnnn1CCOC)[NH+]1CC[NH+](Cc2ccccc2OC)CC1. The maximum absolute atomic E-state index is 5.50. The maximum Gasteiger partial charge on any atom is 0.209 e. The van der Waals surface area contributed by atoms with E-state index in [9.17, 15) is 0 Å². The molecule has 1 aliphatic heterocycles. The van der Waals surface area contributed by atoms with Crippen LogP contribution in [0.25, 0.3) is 0 Å². The van der Waals surface area contributed by atoms with Crippen molar-refractivity contribution in [2.75, 3.05) is 47.0 Å². The highest BCUT2D eigenvalue weighted by atomic mass is 16.5. The van der Waals surface area contributed by atoms with Crippen LogP contribution in [0.1, 0.15) is 30.8 Å². The molecule has 0 saturated carbocycles. The number of hydrogen-bond acceptors (Lipinski definition) is 5. The Bertz CT molecular complexity index is 699. The summed E-state index contributed by atoms with van der Waals surface area (Å²) in [6, 6.07) is 8.67. The molecule has 2 heterocycles. The molecule has 27 heavy (non-hydrogen) atoms. The van der Waals surface area contributed by atoms with Gasteiger partial charge in [0.2, 0.25) is 5.82 Å². The van der Waals surface area contributed by atoms with Crippen molar-refractivity contribution in [2.24, 2.45) is 0 Å². The molecule has 1 atom stereocenters. The molecule has 8 nitrogen and oxygen atoms in total. The minimum atomic E-state index is 0.338. The number of piperazine rings is 1. The summed E-state index contributed by atoms with van der Waals surface area (Å²) in [5.41, 5.74) is 1.29. The maximum atomic E-state index is 5.50. The summed E-state index contributed by atoms with van der Waals surface area (Å²) < 4.78 is 12.6. The summed E-state index contributed by atoms with van der Waals surface area (Å²) in [5, 5.41) is 12.4. The highest BCUT2D eigenvalue weighted by Gasteiger charge is 2.33. The van der Waals surface area contributed by atoms with Crippen molar-refractivity contribution in [3.8, 4) is 5.75 Å². The van der Waals surface area contributed by atoms with Gasteiger partial charge >= 0.3 is 0 Å². The number of hydrogen-bond donors (Lipinski definition) is 2. The third-order valence-electron chi connectivity index (χ3n) is 5.51. The van der Waals surface area contributed by atoms with Crippen LogP contribution >= 0.6 is 0 Å². The number of rotatable bonds is 9. The molecule has 2 N–H and O–H groups in total. The molecule has 8 heteroatoms. The van der Waals surface area contributed by atoms with E-state index in [0.29, 0.717) is 19.2 Å². The first kappa shape index (κ1) is 19.7. The average molecular weight is 377 g/mol. The van der Waals surface area contributed by atoms with E-state index in [1.165, 1.54) is 5.56 Å². The Morgan fingerprint density at radius 1 is 1.15 bits per heavy atom. The molecule has 2 aromatic rings. The fourth-order valence-corrected chi connectivity index (χ4v) is 4.02. The Kier molecular flexibility index (Phi) is 7.14. The zero-order chi connectivity index (χ0) is 19.1. The zero-order valence-electron chi connectivity index (χ0n) is 16.6. The summed E-state index contributed by atoms with van der Waals surface area (Å²) in [7, 11) is 3.45. The van der Waals surface area contributed by atoms with E-state index >= 15 is 0 Å². The lowest BCUT2D eigenvalue weighted by Gasteiger charge is -2.33. The van der Waals surface area contributed by atoms with Crippen molar-refractivity contribution < 1.29 is 19.3 Å². The minimum absolute atomic E-state index is 0.338. The third-order valence-corrected chi connectivity index (χ3v) is 5.51. The van der Waals surface area contributed by atoms with Gasteiger partial charge in [-0.15, -0.1) is 5.10 Å². The predicted octanol–water partition coefficient (Wildman–Crippen LogP) is -1.24. The monoisotopic (exact) mass is 376 g/mol. The van der Waals surface area contributed by atoms with Gasteiger partial charge in [0.1, 0.15) is 44.5 Å². The molecule has 148 valence electrons. The Labute approximate surface area is 161 Å². The van der Waals surface area contributed by atoms with Crippen LogP contribution in [0.15, 0.2) is 24.3 Å². The smallest absolute Gasteiger partial charge is 0.209 e. The van der Waals surface area contributed by atoms with Crippen molar-refractivity contribution >= 4 is 0 Å². The fourth-order valence-electron chi connectivity index (χ4n) is 4.02. The first-order valence-electron chi connectivity index (χ1n) is 9.81. The van der Waals surface area contributed by atoms with Gasteiger partial charge in [-0.3, -0.25) is 0 Å². The normalized spacial score (nSPS) is 21.1. The second kappa shape index (κ2) is 9.77. The van der Waals surface area contributed by atoms with Gasteiger partial charge in [0, 0.05) is 19.1 Å². The van der Waals surface area contributed by atoms with E-state index < -0.39 is 0 Å². The zero-order valence-corrected chi connectivity index (χ0v) is 16.6. The van der Waals surface area contributed by atoms with Crippen LogP contribution in [0.3, 0.4) is 0 Å². The lowest BCUT2D eigenvalue weighted by Crippen LogP contribution is -3.27. The van der Waals surface area contributed by atoms with Crippen LogP contribution in [0.5, 0.6) is 5.75 Å². The second-order valence-electron chi connectivity index (χ2n) is 7.11. The van der Waals surface area contributed by atoms with E-state index in [0.717, 1.165) is 50.7 Å². The van der Waals surface area contributed by atoms with Crippen molar-refractivity contribution in [1.29, 1.82) is 0 Å². The standard InChI is InChI=1S/C19H30N6O2/c1-4-17(19-20-21-22-25(19)13-14-26-2)24-11-9-23(10-12-24)15-16-7-5-6-8-18(16)27-3/h5-8,17H,4,9-15H2,1-3H3/p+2/t17-/m1/s1. The summed E-state index contributed by atoms with van der Waals surface area (Å²) >= 11 is 0. The van der Waals surface area contributed by atoms with Crippen molar-refractivity contribution in [2.45, 2.75) is 32.5 Å². The second-order valence-corrected chi connectivity index (χ2v) is 7.11. The molecule has 0 spiro atoms. The number of methoxy groups -OCH3 is 2. The molecule has 0 unspecified atom stereocenters. The summed E-state index contributed by atoms with van der Waals surface area (Å²) in [6.07, 6.45) is 1.03. The van der Waals surface area contributed by atoms with Crippen LogP contribution in [0.4, 0.5) is 0 Å². The number of nitrogens with zero attached hydrogens (tertiary/aromatic N) is 4. The molecular formula is C19H32N6O2+2. The van der Waals surface area contributed by atoms with Gasteiger partial charge in [0.05, 0.1) is 20.3 Å². The van der Waals surface area contributed by atoms with E-state index in [4.69, 9.17) is 9.47 Å². The number of nitrogens with one attached hydrogen (secondary N) is 2. The summed E-state index contributed by atoms with van der Waals surface area (Å²) in [4.78, 5) is 3.19. The van der Waals surface area contributed by atoms with Crippen molar-refractivity contribution in [1.82, 2.24) is 20.2 Å². The van der Waals surface area contributed by atoms with E-state index in [2.05, 4.69) is 34.6 Å². The molecule has 0 amide bonds. The van der Waals surface area contributed by atoms with Crippen LogP contribution in [-0.4, -0.2) is 67.2 Å². The van der Waals surface area contributed by atoms with Crippen molar-refractivity contribution in [3.05, 3.63) is 35.7 Å². The molecule has 1 fully saturated rings. The average Bonchev–Trinajstić information content (AvgIpc) is 3.17. The van der Waals surface area contributed by atoms with E-state index in [-0.39, 0.29) is 0 Å². The quantitative estimate of drug-likeness (QED) is 0.573. The van der Waals surface area contributed by atoms with Gasteiger partial charge in [-0.25, -0.2) is 4.68 Å². The molecular weight excluding hydrogens is 344 g/mol. The lowest BCUT2D eigenvalue weighted by atomic mass is 10.1. The number of benzene rings is 1. The Morgan fingerprint density at radius 2 is 1.93 bits per heavy atom. The summed E-state index contributed by atoms with van der Waals surface area (Å²) in [6.45, 7) is 9.10. The Balaban J connectivity index is 1.60. The molecule has 0 bridgehead atoms. The molecule has 1 aromatic heterocycles. The molecule has 1 aliphatic rings. The predicted molar refractivity (Wildman–Crippen MR) is 101 cm³/mol. The van der Waals surface area contributed by atoms with E-state index in [1.54, 1.807) is 24.0 Å². The Hall–Kier alpha value is -2.03. The number of para-hydroxylation sites is 1. The third kappa shape index (κ3) is 4.82. The lowest BCUT2D eigenvalue weighted by molar-refractivity contribution is -1.03. The topological polar surface area (TPSA) is 70.9 Å². The number of quaternary nitrogens is 2. The van der Waals surface area contributed by atoms with Gasteiger partial charge in [0.25, 0.3) is 0 Å². The molecule has 0 aliphatic carbocycles. The van der Waals surface area contributed by atoms with Crippen molar-refractivity contribution in [3.63, 3.8) is 0 Å². The number of tetrazole rings is 1. The number of ether oxygens (including phenoxy) is 2. The minimum Gasteiger partial charge on any atom is -0.496 e. The van der Waals surface area contributed by atoms with Gasteiger partial charge in [0.15, 0.2) is 0 Å². The van der Waals surface area contributed by atoms with Gasteiger partial charge < -0.3 is 19.3 Å². The molecule has 3 rings (SSSR count). The van der Waals surface area contributed by atoms with Crippen LogP contribution in [0, 0.1) is 0 Å². The van der Waals surface area contributed by atoms with Gasteiger partial charge in [-0.1, -0.05) is 19.1 Å². The van der Waals surface area contributed by atoms with Crippen LogP contribution in [0.2, 0.25) is 0 Å². The van der Waals surface area contributed by atoms with Crippen LogP contribution < -0.4 is 14.5 Å². The van der Waals surface area contributed by atoms with Crippen LogP contribution in [-0.2, 0) is 17.8 Å². The highest BCUT2D eigenvalue weighted by molar-refractivity contribution is 5.32. The molecule has 1 saturated heterocycles. The Morgan fingerprint density at radius 3 is 2.63 bits per heavy atom. The van der Waals surface area contributed by atoms with Gasteiger partial charge in [-0.2, -0.15) is 0 Å².